The Labute approximate surface area is 166 Å². The number of guanidine groups is 1. The van der Waals surface area contributed by atoms with Crippen molar-refractivity contribution in [1.29, 1.82) is 0 Å². The third-order valence-electron chi connectivity index (χ3n) is 4.42. The minimum atomic E-state index is 0. The molecule has 0 aromatic heterocycles. The van der Waals surface area contributed by atoms with Crippen LogP contribution in [0.3, 0.4) is 0 Å². The zero-order valence-electron chi connectivity index (χ0n) is 15.0. The van der Waals surface area contributed by atoms with Crippen LogP contribution >= 0.6 is 24.0 Å². The van der Waals surface area contributed by atoms with Gasteiger partial charge in [0.2, 0.25) is 0 Å². The molecular weight excluding hydrogens is 433 g/mol. The van der Waals surface area contributed by atoms with E-state index < -0.39 is 0 Å². The summed E-state index contributed by atoms with van der Waals surface area (Å²) in [6.45, 7) is 4.73. The highest BCUT2D eigenvalue weighted by atomic mass is 127. The van der Waals surface area contributed by atoms with Crippen LogP contribution in [0.1, 0.15) is 18.4 Å². The number of benzene rings is 1. The van der Waals surface area contributed by atoms with Crippen LogP contribution in [-0.2, 0) is 11.3 Å². The fourth-order valence-electron chi connectivity index (χ4n) is 3.15. The number of ether oxygens (including phenoxy) is 3. The van der Waals surface area contributed by atoms with Crippen molar-refractivity contribution in [2.45, 2.75) is 19.4 Å². The summed E-state index contributed by atoms with van der Waals surface area (Å²) in [6.07, 6.45) is 2.04. The van der Waals surface area contributed by atoms with E-state index in [4.69, 9.17) is 14.2 Å². The summed E-state index contributed by atoms with van der Waals surface area (Å²) in [6, 6.07) is 6.04. The zero-order chi connectivity index (χ0) is 16.8. The van der Waals surface area contributed by atoms with Crippen molar-refractivity contribution in [2.24, 2.45) is 10.9 Å². The first-order chi connectivity index (χ1) is 11.8. The highest BCUT2D eigenvalue weighted by molar-refractivity contribution is 14.0. The fraction of sp³-hybridized carbons (Fsp3) is 0.611. The Hall–Kier alpha value is -1.22. The van der Waals surface area contributed by atoms with Crippen LogP contribution in [0.4, 0.5) is 0 Å². The van der Waals surface area contributed by atoms with Gasteiger partial charge in [0.25, 0.3) is 0 Å². The van der Waals surface area contributed by atoms with E-state index in [-0.39, 0.29) is 24.0 Å². The summed E-state index contributed by atoms with van der Waals surface area (Å²) in [5.41, 5.74) is 1.09. The highest BCUT2D eigenvalue weighted by Crippen LogP contribution is 2.33. The third-order valence-corrected chi connectivity index (χ3v) is 4.42. The van der Waals surface area contributed by atoms with Gasteiger partial charge in [-0.2, -0.15) is 0 Å². The van der Waals surface area contributed by atoms with Crippen molar-refractivity contribution in [3.05, 3.63) is 23.8 Å². The van der Waals surface area contributed by atoms with Gasteiger partial charge in [-0.05, 0) is 12.5 Å². The maximum absolute atomic E-state index is 5.88. The Kier molecular flexibility index (Phi) is 8.08. The van der Waals surface area contributed by atoms with Gasteiger partial charge in [0.05, 0.1) is 19.8 Å². The summed E-state index contributed by atoms with van der Waals surface area (Å²) >= 11 is 0. The number of fused-ring (bicyclic) bond motifs is 1. The van der Waals surface area contributed by atoms with Crippen molar-refractivity contribution >= 4 is 29.9 Å². The first kappa shape index (κ1) is 20.1. The minimum Gasteiger partial charge on any atom is -0.490 e. The molecule has 25 heavy (non-hydrogen) atoms. The normalized spacial score (nSPS) is 19.8. The van der Waals surface area contributed by atoms with Crippen LogP contribution in [0.2, 0.25) is 0 Å². The van der Waals surface area contributed by atoms with Crippen LogP contribution in [0, 0.1) is 5.92 Å². The highest BCUT2D eigenvalue weighted by Gasteiger charge is 2.20. The number of aliphatic imine (C=N–C) groups is 1. The molecule has 0 radical (unpaired) electrons. The van der Waals surface area contributed by atoms with Gasteiger partial charge in [-0.1, -0.05) is 12.1 Å². The van der Waals surface area contributed by atoms with Crippen molar-refractivity contribution in [3.8, 4) is 11.5 Å². The molecule has 1 fully saturated rings. The molecule has 140 valence electrons. The lowest BCUT2D eigenvalue weighted by molar-refractivity contribution is 0.181. The first-order valence-corrected chi connectivity index (χ1v) is 8.65. The molecule has 0 spiro atoms. The predicted octanol–water partition coefficient (Wildman–Crippen LogP) is 2.51. The quantitative estimate of drug-likeness (QED) is 0.425. The van der Waals surface area contributed by atoms with Gasteiger partial charge >= 0.3 is 0 Å². The summed E-state index contributed by atoms with van der Waals surface area (Å²) in [5.74, 6) is 3.15. The van der Waals surface area contributed by atoms with Gasteiger partial charge in [-0.25, -0.2) is 0 Å². The predicted molar refractivity (Wildman–Crippen MR) is 109 cm³/mol. The summed E-state index contributed by atoms with van der Waals surface area (Å²) in [7, 11) is 3.88. The van der Waals surface area contributed by atoms with Gasteiger partial charge in [-0.15, -0.1) is 24.0 Å². The lowest BCUT2D eigenvalue weighted by Gasteiger charge is -2.25. The average Bonchev–Trinajstić information content (AvgIpc) is 2.97. The van der Waals surface area contributed by atoms with Crippen LogP contribution in [0.25, 0.3) is 0 Å². The summed E-state index contributed by atoms with van der Waals surface area (Å²) in [5, 5.41) is 3.43. The fourth-order valence-corrected chi connectivity index (χ4v) is 3.15. The Morgan fingerprint density at radius 3 is 2.88 bits per heavy atom. The SMILES string of the molecule is CN=C(NCc1cccc2c1OCCCO2)N(C)CC1CCOC1.I. The van der Waals surface area contributed by atoms with Gasteiger partial charge < -0.3 is 24.4 Å². The monoisotopic (exact) mass is 461 g/mol. The molecule has 1 aromatic carbocycles. The Morgan fingerprint density at radius 2 is 2.12 bits per heavy atom. The van der Waals surface area contributed by atoms with Gasteiger partial charge in [-0.3, -0.25) is 4.99 Å². The molecule has 2 heterocycles. The lowest BCUT2D eigenvalue weighted by atomic mass is 10.1. The maximum Gasteiger partial charge on any atom is 0.193 e. The van der Waals surface area contributed by atoms with Crippen molar-refractivity contribution < 1.29 is 14.2 Å². The van der Waals surface area contributed by atoms with Gasteiger partial charge in [0.15, 0.2) is 17.5 Å². The molecule has 1 saturated heterocycles. The van der Waals surface area contributed by atoms with E-state index in [1.54, 1.807) is 0 Å². The lowest BCUT2D eigenvalue weighted by Crippen LogP contribution is -2.41. The molecule has 7 heteroatoms. The molecule has 1 aromatic rings. The molecule has 1 unspecified atom stereocenters. The average molecular weight is 461 g/mol. The van der Waals surface area contributed by atoms with Crippen LogP contribution < -0.4 is 14.8 Å². The molecule has 0 aliphatic carbocycles. The van der Waals surface area contributed by atoms with Gasteiger partial charge in [0.1, 0.15) is 0 Å². The second-order valence-corrected chi connectivity index (χ2v) is 6.31. The molecule has 0 bridgehead atoms. The van der Waals surface area contributed by atoms with Crippen LogP contribution in [0.5, 0.6) is 11.5 Å². The largest absolute Gasteiger partial charge is 0.490 e. The maximum atomic E-state index is 5.88. The molecule has 0 saturated carbocycles. The molecule has 2 aliphatic heterocycles. The van der Waals surface area contributed by atoms with E-state index in [2.05, 4.69) is 28.3 Å². The van der Waals surface area contributed by atoms with Crippen LogP contribution in [-0.4, -0.2) is 57.9 Å². The van der Waals surface area contributed by atoms with E-state index >= 15 is 0 Å². The van der Waals surface area contributed by atoms with E-state index in [1.165, 1.54) is 0 Å². The molecule has 1 N–H and O–H groups in total. The number of halogens is 1. The second-order valence-electron chi connectivity index (χ2n) is 6.31. The molecule has 2 aliphatic rings. The number of nitrogens with one attached hydrogen (secondary N) is 1. The smallest absolute Gasteiger partial charge is 0.193 e. The number of para-hydroxylation sites is 1. The standard InChI is InChI=1S/C18H27N3O3.HI/c1-19-18(21(2)12-14-7-10-22-13-14)20-11-15-5-3-6-16-17(15)24-9-4-8-23-16;/h3,5-6,14H,4,7-13H2,1-2H3,(H,19,20);1H. The van der Waals surface area contributed by atoms with E-state index in [1.807, 2.05) is 19.2 Å². The van der Waals surface area contributed by atoms with Crippen LogP contribution in [0.15, 0.2) is 23.2 Å². The Balaban J connectivity index is 0.00000225. The molecule has 0 amide bonds. The molecule has 6 nitrogen and oxygen atoms in total. The molecular formula is C18H28IN3O3. The number of nitrogens with zero attached hydrogens (tertiary/aromatic N) is 2. The van der Waals surface area contributed by atoms with Crippen molar-refractivity contribution in [3.63, 3.8) is 0 Å². The summed E-state index contributed by atoms with van der Waals surface area (Å²) in [4.78, 5) is 6.56. The number of hydrogen-bond donors (Lipinski definition) is 1. The van der Waals surface area contributed by atoms with Crippen molar-refractivity contribution in [1.82, 2.24) is 10.2 Å². The third kappa shape index (κ3) is 5.37. The second kappa shape index (κ2) is 10.1. The number of rotatable bonds is 4. The van der Waals surface area contributed by atoms with Gasteiger partial charge in [0, 0.05) is 51.7 Å². The van der Waals surface area contributed by atoms with E-state index in [0.29, 0.717) is 25.7 Å². The molecule has 1 atom stereocenters. The minimum absolute atomic E-state index is 0. The Bertz CT molecular complexity index is 577. The molecule has 3 rings (SSSR count). The van der Waals surface area contributed by atoms with E-state index in [9.17, 15) is 0 Å². The zero-order valence-corrected chi connectivity index (χ0v) is 17.3. The Morgan fingerprint density at radius 1 is 1.28 bits per heavy atom. The van der Waals surface area contributed by atoms with Crippen molar-refractivity contribution in [2.75, 3.05) is 47.1 Å². The summed E-state index contributed by atoms with van der Waals surface area (Å²) < 4.78 is 17.1. The van der Waals surface area contributed by atoms with E-state index in [0.717, 1.165) is 55.6 Å². The first-order valence-electron chi connectivity index (χ1n) is 8.65. The number of hydrogen-bond acceptors (Lipinski definition) is 4. The topological polar surface area (TPSA) is 55.3 Å².